The minimum Gasteiger partial charge on any atom is -0.383 e. The fourth-order valence-electron chi connectivity index (χ4n) is 2.60. The fraction of sp³-hybridized carbons (Fsp3) is 0.500. The standard InChI is InChI=1S/C16H22N2O3/c1-11-5-3-4-6-13(11)15(19)12-9-14(18-10-12)16(20)17-7-8-21-2/h3-6,12,14,18H,7-10H2,1-2H3,(H,17,20). The summed E-state index contributed by atoms with van der Waals surface area (Å²) in [5.41, 5.74) is 1.74. The van der Waals surface area contributed by atoms with Gasteiger partial charge in [0.1, 0.15) is 0 Å². The molecule has 1 heterocycles. The molecule has 0 saturated carbocycles. The van der Waals surface area contributed by atoms with E-state index < -0.39 is 0 Å². The van der Waals surface area contributed by atoms with E-state index in [-0.39, 0.29) is 23.7 Å². The molecule has 1 aromatic rings. The van der Waals surface area contributed by atoms with Gasteiger partial charge in [-0.25, -0.2) is 0 Å². The second-order valence-corrected chi connectivity index (χ2v) is 5.36. The maximum atomic E-state index is 12.5. The molecule has 5 nitrogen and oxygen atoms in total. The molecule has 1 amide bonds. The molecule has 2 unspecified atom stereocenters. The Labute approximate surface area is 125 Å². The number of Topliss-reactive ketones (excluding diaryl/α,β-unsaturated/α-hetero) is 1. The molecule has 1 fully saturated rings. The van der Waals surface area contributed by atoms with E-state index in [2.05, 4.69) is 10.6 Å². The van der Waals surface area contributed by atoms with E-state index >= 15 is 0 Å². The molecular formula is C16H22N2O3. The predicted octanol–water partition coefficient (Wildman–Crippen LogP) is 0.918. The monoisotopic (exact) mass is 290 g/mol. The van der Waals surface area contributed by atoms with Gasteiger partial charge in [0.2, 0.25) is 5.91 Å². The number of rotatable bonds is 6. The first-order valence-electron chi connectivity index (χ1n) is 7.23. The van der Waals surface area contributed by atoms with Crippen molar-refractivity contribution in [2.75, 3.05) is 26.8 Å². The highest BCUT2D eigenvalue weighted by molar-refractivity contribution is 6.00. The molecule has 2 rings (SSSR count). The summed E-state index contributed by atoms with van der Waals surface area (Å²) in [6, 6.07) is 7.29. The van der Waals surface area contributed by atoms with Crippen LogP contribution in [0.2, 0.25) is 0 Å². The van der Waals surface area contributed by atoms with Crippen LogP contribution in [0.4, 0.5) is 0 Å². The molecule has 0 aliphatic carbocycles. The number of carbonyl (C=O) groups excluding carboxylic acids is 2. The maximum absolute atomic E-state index is 12.5. The van der Waals surface area contributed by atoms with Crippen LogP contribution in [-0.4, -0.2) is 44.5 Å². The van der Waals surface area contributed by atoms with Gasteiger partial charge in [0.25, 0.3) is 0 Å². The number of ketones is 1. The van der Waals surface area contributed by atoms with Crippen molar-refractivity contribution in [1.82, 2.24) is 10.6 Å². The normalized spacial score (nSPS) is 21.2. The van der Waals surface area contributed by atoms with Gasteiger partial charge in [-0.05, 0) is 18.9 Å². The SMILES string of the molecule is COCCNC(=O)C1CC(C(=O)c2ccccc2C)CN1. The van der Waals surface area contributed by atoms with Crippen LogP contribution in [0, 0.1) is 12.8 Å². The Kier molecular flexibility index (Phi) is 5.47. The van der Waals surface area contributed by atoms with Crippen molar-refractivity contribution in [3.8, 4) is 0 Å². The molecule has 0 aromatic heterocycles. The maximum Gasteiger partial charge on any atom is 0.237 e. The van der Waals surface area contributed by atoms with Gasteiger partial charge >= 0.3 is 0 Å². The van der Waals surface area contributed by atoms with Gasteiger partial charge in [-0.15, -0.1) is 0 Å². The van der Waals surface area contributed by atoms with Crippen molar-refractivity contribution in [1.29, 1.82) is 0 Å². The van der Waals surface area contributed by atoms with Crippen molar-refractivity contribution in [2.45, 2.75) is 19.4 Å². The van der Waals surface area contributed by atoms with Crippen LogP contribution in [-0.2, 0) is 9.53 Å². The van der Waals surface area contributed by atoms with Crippen molar-refractivity contribution < 1.29 is 14.3 Å². The zero-order valence-corrected chi connectivity index (χ0v) is 12.5. The third kappa shape index (κ3) is 3.89. The van der Waals surface area contributed by atoms with Gasteiger partial charge in [-0.3, -0.25) is 9.59 Å². The number of benzene rings is 1. The second-order valence-electron chi connectivity index (χ2n) is 5.36. The van der Waals surface area contributed by atoms with E-state index in [1.54, 1.807) is 7.11 Å². The Hall–Kier alpha value is -1.72. The zero-order valence-electron chi connectivity index (χ0n) is 12.5. The van der Waals surface area contributed by atoms with Gasteiger partial charge in [0.15, 0.2) is 5.78 Å². The minimum absolute atomic E-state index is 0.0628. The van der Waals surface area contributed by atoms with Crippen molar-refractivity contribution in [2.24, 2.45) is 5.92 Å². The van der Waals surface area contributed by atoms with Crippen molar-refractivity contribution in [3.05, 3.63) is 35.4 Å². The molecule has 0 bridgehead atoms. The molecule has 1 aromatic carbocycles. The lowest BCUT2D eigenvalue weighted by Crippen LogP contribution is -2.41. The Morgan fingerprint density at radius 1 is 1.38 bits per heavy atom. The fourth-order valence-corrected chi connectivity index (χ4v) is 2.60. The highest BCUT2D eigenvalue weighted by Gasteiger charge is 2.34. The molecule has 0 radical (unpaired) electrons. The summed E-state index contributed by atoms with van der Waals surface area (Å²) in [5, 5.41) is 5.93. The highest BCUT2D eigenvalue weighted by atomic mass is 16.5. The first-order valence-corrected chi connectivity index (χ1v) is 7.23. The summed E-state index contributed by atoms with van der Waals surface area (Å²) in [6.45, 7) is 3.47. The number of ether oxygens (including phenoxy) is 1. The number of aryl methyl sites for hydroxylation is 1. The first-order chi connectivity index (χ1) is 10.1. The largest absolute Gasteiger partial charge is 0.383 e. The zero-order chi connectivity index (χ0) is 15.2. The van der Waals surface area contributed by atoms with Gasteiger partial charge < -0.3 is 15.4 Å². The van der Waals surface area contributed by atoms with Crippen molar-refractivity contribution >= 4 is 11.7 Å². The minimum atomic E-state index is -0.292. The predicted molar refractivity (Wildman–Crippen MR) is 80.3 cm³/mol. The molecule has 2 atom stereocenters. The Bertz CT molecular complexity index is 516. The van der Waals surface area contributed by atoms with Crippen LogP contribution in [0.25, 0.3) is 0 Å². The average Bonchev–Trinajstić information content (AvgIpc) is 2.97. The van der Waals surface area contributed by atoms with Crippen LogP contribution in [0.1, 0.15) is 22.3 Å². The highest BCUT2D eigenvalue weighted by Crippen LogP contribution is 2.21. The summed E-state index contributed by atoms with van der Waals surface area (Å²) in [5.74, 6) is -0.0794. The van der Waals surface area contributed by atoms with E-state index in [4.69, 9.17) is 4.74 Å². The van der Waals surface area contributed by atoms with Crippen LogP contribution < -0.4 is 10.6 Å². The smallest absolute Gasteiger partial charge is 0.237 e. The molecule has 21 heavy (non-hydrogen) atoms. The van der Waals surface area contributed by atoms with Gasteiger partial charge in [-0.1, -0.05) is 24.3 Å². The third-order valence-corrected chi connectivity index (χ3v) is 3.83. The van der Waals surface area contributed by atoms with E-state index in [0.717, 1.165) is 11.1 Å². The summed E-state index contributed by atoms with van der Waals surface area (Å²) >= 11 is 0. The number of nitrogens with one attached hydrogen (secondary N) is 2. The molecule has 114 valence electrons. The lowest BCUT2D eigenvalue weighted by Gasteiger charge is -2.11. The van der Waals surface area contributed by atoms with Crippen LogP contribution in [0.3, 0.4) is 0 Å². The first kappa shape index (κ1) is 15.7. The van der Waals surface area contributed by atoms with Crippen LogP contribution in [0.5, 0.6) is 0 Å². The summed E-state index contributed by atoms with van der Waals surface area (Å²) < 4.78 is 4.90. The molecule has 0 spiro atoms. The molecule has 2 N–H and O–H groups in total. The van der Waals surface area contributed by atoms with E-state index in [9.17, 15) is 9.59 Å². The average molecular weight is 290 g/mol. The second kappa shape index (κ2) is 7.33. The quantitative estimate of drug-likeness (QED) is 0.604. The van der Waals surface area contributed by atoms with Crippen LogP contribution >= 0.6 is 0 Å². The summed E-state index contributed by atoms with van der Waals surface area (Å²) in [4.78, 5) is 24.5. The van der Waals surface area contributed by atoms with Crippen LogP contribution in [0.15, 0.2) is 24.3 Å². The number of amides is 1. The van der Waals surface area contributed by atoms with Crippen molar-refractivity contribution in [3.63, 3.8) is 0 Å². The third-order valence-electron chi connectivity index (χ3n) is 3.83. The van der Waals surface area contributed by atoms with Gasteiger partial charge in [0.05, 0.1) is 12.6 Å². The lowest BCUT2D eigenvalue weighted by molar-refractivity contribution is -0.123. The number of hydrogen-bond donors (Lipinski definition) is 2. The molecule has 1 saturated heterocycles. The van der Waals surface area contributed by atoms with E-state index in [1.165, 1.54) is 0 Å². The number of methoxy groups -OCH3 is 1. The van der Waals surface area contributed by atoms with Gasteiger partial charge in [0, 0.05) is 31.7 Å². The lowest BCUT2D eigenvalue weighted by atomic mass is 9.92. The molecular weight excluding hydrogens is 268 g/mol. The number of hydrogen-bond acceptors (Lipinski definition) is 4. The Balaban J connectivity index is 1.91. The van der Waals surface area contributed by atoms with Gasteiger partial charge in [-0.2, -0.15) is 0 Å². The molecule has 5 heteroatoms. The Morgan fingerprint density at radius 3 is 2.86 bits per heavy atom. The topological polar surface area (TPSA) is 67.4 Å². The summed E-state index contributed by atoms with van der Waals surface area (Å²) in [6.07, 6.45) is 0.548. The molecule has 1 aliphatic heterocycles. The Morgan fingerprint density at radius 2 is 2.14 bits per heavy atom. The van der Waals surface area contributed by atoms with E-state index in [1.807, 2.05) is 31.2 Å². The molecule has 1 aliphatic rings. The van der Waals surface area contributed by atoms with E-state index in [0.29, 0.717) is 26.1 Å². The summed E-state index contributed by atoms with van der Waals surface area (Å²) in [7, 11) is 1.59. The number of carbonyl (C=O) groups is 2.